The van der Waals surface area contributed by atoms with Gasteiger partial charge < -0.3 is 20.4 Å². The van der Waals surface area contributed by atoms with Crippen molar-refractivity contribution in [1.29, 1.82) is 0 Å². The molecule has 2 rings (SSSR count). The van der Waals surface area contributed by atoms with Crippen molar-refractivity contribution in [2.75, 3.05) is 51.7 Å². The van der Waals surface area contributed by atoms with E-state index < -0.39 is 0 Å². The van der Waals surface area contributed by atoms with E-state index in [0.29, 0.717) is 6.04 Å². The fourth-order valence-electron chi connectivity index (χ4n) is 3.03. The van der Waals surface area contributed by atoms with Gasteiger partial charge in [0.2, 0.25) is 0 Å². The Morgan fingerprint density at radius 1 is 1.16 bits per heavy atom. The van der Waals surface area contributed by atoms with Crippen LogP contribution in [0.15, 0.2) is 35.3 Å². The van der Waals surface area contributed by atoms with Gasteiger partial charge >= 0.3 is 0 Å². The number of guanidine groups is 1. The normalized spacial score (nSPS) is 16.7. The molecule has 25 heavy (non-hydrogen) atoms. The first-order chi connectivity index (χ1) is 11.7. The smallest absolute Gasteiger partial charge is 0.191 e. The molecule has 0 radical (unpaired) electrons. The summed E-state index contributed by atoms with van der Waals surface area (Å²) in [6.45, 7) is 7.61. The summed E-state index contributed by atoms with van der Waals surface area (Å²) in [5.41, 5.74) is 1.24. The second-order valence-corrected chi connectivity index (χ2v) is 6.58. The van der Waals surface area contributed by atoms with Gasteiger partial charge in [-0.3, -0.25) is 4.99 Å². The Hall–Kier alpha value is -1.02. The van der Waals surface area contributed by atoms with Crippen molar-refractivity contribution in [1.82, 2.24) is 15.5 Å². The monoisotopic (exact) mass is 459 g/mol. The SMILES string of the molecule is CN=C(NCCN1CCCCC1)NCC(C)N(C)c1ccccc1.I. The molecule has 0 saturated carbocycles. The fraction of sp³-hybridized carbons (Fsp3) is 0.632. The van der Waals surface area contributed by atoms with Gasteiger partial charge in [-0.2, -0.15) is 0 Å². The van der Waals surface area contributed by atoms with Crippen LogP contribution in [0.25, 0.3) is 0 Å². The van der Waals surface area contributed by atoms with Crippen LogP contribution in [0, 0.1) is 0 Å². The number of nitrogens with one attached hydrogen (secondary N) is 2. The van der Waals surface area contributed by atoms with E-state index in [1.54, 1.807) is 0 Å². The average molecular weight is 459 g/mol. The quantitative estimate of drug-likeness (QED) is 0.374. The molecule has 1 fully saturated rings. The van der Waals surface area contributed by atoms with E-state index in [4.69, 9.17) is 0 Å². The highest BCUT2D eigenvalue weighted by atomic mass is 127. The van der Waals surface area contributed by atoms with Crippen LogP contribution in [0.1, 0.15) is 26.2 Å². The molecule has 1 unspecified atom stereocenters. The molecule has 0 spiro atoms. The van der Waals surface area contributed by atoms with Crippen LogP contribution in [-0.4, -0.2) is 63.7 Å². The first kappa shape index (κ1) is 22.0. The van der Waals surface area contributed by atoms with Gasteiger partial charge in [-0.15, -0.1) is 24.0 Å². The molecular weight excluding hydrogens is 425 g/mol. The topological polar surface area (TPSA) is 42.9 Å². The number of anilines is 1. The van der Waals surface area contributed by atoms with Gasteiger partial charge in [0.15, 0.2) is 5.96 Å². The molecule has 1 atom stereocenters. The van der Waals surface area contributed by atoms with Gasteiger partial charge in [-0.25, -0.2) is 0 Å². The molecule has 1 aromatic carbocycles. The number of hydrogen-bond acceptors (Lipinski definition) is 3. The van der Waals surface area contributed by atoms with Crippen LogP contribution >= 0.6 is 24.0 Å². The Balaban J connectivity index is 0.00000312. The van der Waals surface area contributed by atoms with Crippen molar-refractivity contribution in [3.8, 4) is 0 Å². The second kappa shape index (κ2) is 12.4. The van der Waals surface area contributed by atoms with Gasteiger partial charge in [0.1, 0.15) is 0 Å². The van der Waals surface area contributed by atoms with E-state index in [1.807, 2.05) is 13.1 Å². The predicted molar refractivity (Wildman–Crippen MR) is 119 cm³/mol. The molecule has 0 bridgehead atoms. The maximum absolute atomic E-state index is 4.33. The minimum Gasteiger partial charge on any atom is -0.370 e. The van der Waals surface area contributed by atoms with Crippen LogP contribution in [0.5, 0.6) is 0 Å². The Bertz CT molecular complexity index is 488. The van der Waals surface area contributed by atoms with E-state index >= 15 is 0 Å². The van der Waals surface area contributed by atoms with Gasteiger partial charge in [-0.05, 0) is 45.0 Å². The van der Waals surface area contributed by atoms with E-state index in [0.717, 1.165) is 25.6 Å². The largest absolute Gasteiger partial charge is 0.370 e. The molecule has 1 aliphatic heterocycles. The highest BCUT2D eigenvalue weighted by Crippen LogP contribution is 2.13. The maximum Gasteiger partial charge on any atom is 0.191 e. The minimum absolute atomic E-state index is 0. The zero-order chi connectivity index (χ0) is 17.2. The number of halogens is 1. The third-order valence-corrected chi connectivity index (χ3v) is 4.78. The predicted octanol–water partition coefficient (Wildman–Crippen LogP) is 2.78. The summed E-state index contributed by atoms with van der Waals surface area (Å²) in [5.74, 6) is 0.889. The van der Waals surface area contributed by atoms with Gasteiger partial charge in [-0.1, -0.05) is 24.6 Å². The molecule has 0 amide bonds. The lowest BCUT2D eigenvalue weighted by Crippen LogP contribution is -2.47. The zero-order valence-corrected chi connectivity index (χ0v) is 18.2. The number of hydrogen-bond donors (Lipinski definition) is 2. The van der Waals surface area contributed by atoms with Crippen molar-refractivity contribution >= 4 is 35.6 Å². The molecule has 2 N–H and O–H groups in total. The summed E-state index contributed by atoms with van der Waals surface area (Å²) in [4.78, 5) is 9.16. The van der Waals surface area contributed by atoms with Gasteiger partial charge in [0.25, 0.3) is 0 Å². The van der Waals surface area contributed by atoms with Crippen molar-refractivity contribution in [3.05, 3.63) is 30.3 Å². The molecule has 142 valence electrons. The highest BCUT2D eigenvalue weighted by molar-refractivity contribution is 14.0. The lowest BCUT2D eigenvalue weighted by Gasteiger charge is -2.28. The summed E-state index contributed by atoms with van der Waals surface area (Å²) in [6.07, 6.45) is 4.08. The third kappa shape index (κ3) is 7.81. The average Bonchev–Trinajstić information content (AvgIpc) is 2.65. The number of likely N-dealkylation sites (tertiary alicyclic amines) is 1. The van der Waals surface area contributed by atoms with E-state index in [9.17, 15) is 0 Å². The van der Waals surface area contributed by atoms with E-state index in [1.165, 1.54) is 38.0 Å². The molecule has 0 aromatic heterocycles. The second-order valence-electron chi connectivity index (χ2n) is 6.58. The molecule has 1 heterocycles. The van der Waals surface area contributed by atoms with Crippen molar-refractivity contribution in [2.24, 2.45) is 4.99 Å². The van der Waals surface area contributed by atoms with Crippen molar-refractivity contribution < 1.29 is 0 Å². The van der Waals surface area contributed by atoms with Crippen LogP contribution in [0.2, 0.25) is 0 Å². The van der Waals surface area contributed by atoms with Crippen LogP contribution in [0.4, 0.5) is 5.69 Å². The lowest BCUT2D eigenvalue weighted by molar-refractivity contribution is 0.232. The third-order valence-electron chi connectivity index (χ3n) is 4.78. The molecule has 0 aliphatic carbocycles. The Morgan fingerprint density at radius 2 is 1.84 bits per heavy atom. The van der Waals surface area contributed by atoms with E-state index in [-0.39, 0.29) is 24.0 Å². The Kier molecular flexibility index (Phi) is 10.9. The number of benzene rings is 1. The molecule has 1 aliphatic rings. The molecule has 1 saturated heterocycles. The first-order valence-electron chi connectivity index (χ1n) is 9.15. The summed E-state index contributed by atoms with van der Waals surface area (Å²) >= 11 is 0. The molecular formula is C19H34IN5. The first-order valence-corrected chi connectivity index (χ1v) is 9.15. The summed E-state index contributed by atoms with van der Waals surface area (Å²) in [5, 5.41) is 6.87. The van der Waals surface area contributed by atoms with Crippen molar-refractivity contribution in [2.45, 2.75) is 32.2 Å². The van der Waals surface area contributed by atoms with E-state index in [2.05, 4.69) is 63.7 Å². The lowest BCUT2D eigenvalue weighted by atomic mass is 10.1. The van der Waals surface area contributed by atoms with Crippen LogP contribution < -0.4 is 15.5 Å². The number of piperidine rings is 1. The molecule has 1 aromatic rings. The fourth-order valence-corrected chi connectivity index (χ4v) is 3.03. The Labute approximate surface area is 170 Å². The summed E-state index contributed by atoms with van der Waals surface area (Å²) in [6, 6.07) is 10.9. The van der Waals surface area contributed by atoms with Crippen LogP contribution in [-0.2, 0) is 0 Å². The number of nitrogens with zero attached hydrogens (tertiary/aromatic N) is 3. The van der Waals surface area contributed by atoms with Gasteiger partial charge in [0.05, 0.1) is 0 Å². The highest BCUT2D eigenvalue weighted by Gasteiger charge is 2.11. The zero-order valence-electron chi connectivity index (χ0n) is 15.9. The van der Waals surface area contributed by atoms with Crippen molar-refractivity contribution in [3.63, 3.8) is 0 Å². The summed E-state index contributed by atoms with van der Waals surface area (Å²) < 4.78 is 0. The number of likely N-dealkylation sites (N-methyl/N-ethyl adjacent to an activating group) is 1. The molecule has 5 nitrogen and oxygen atoms in total. The number of rotatable bonds is 7. The van der Waals surface area contributed by atoms with Crippen LogP contribution in [0.3, 0.4) is 0 Å². The standard InChI is InChI=1S/C19H33N5.HI/c1-17(23(3)18-10-6-4-7-11-18)16-22-19(20-2)21-12-15-24-13-8-5-9-14-24;/h4,6-7,10-11,17H,5,8-9,12-16H2,1-3H3,(H2,20,21,22);1H. The number of aliphatic imine (C=N–C) groups is 1. The Morgan fingerprint density at radius 3 is 2.48 bits per heavy atom. The maximum atomic E-state index is 4.33. The molecule has 6 heteroatoms. The number of para-hydroxylation sites is 1. The summed E-state index contributed by atoms with van der Waals surface area (Å²) in [7, 11) is 3.97. The van der Waals surface area contributed by atoms with Gasteiger partial charge in [0, 0.05) is 45.5 Å². The minimum atomic E-state index is 0.